The van der Waals surface area contributed by atoms with Crippen LogP contribution in [0.1, 0.15) is 32.3 Å². The Bertz CT molecular complexity index is 584. The molecule has 0 aliphatic carbocycles. The number of rotatable bonds is 5. The third-order valence-electron chi connectivity index (χ3n) is 3.00. The summed E-state index contributed by atoms with van der Waals surface area (Å²) < 4.78 is 13.5. The normalized spacial score (nSPS) is 10.9. The van der Waals surface area contributed by atoms with E-state index >= 15 is 0 Å². The molecule has 102 valence electrons. The largest absolute Gasteiger partial charge is 0.370 e. The Morgan fingerprint density at radius 2 is 2.00 bits per heavy atom. The number of nitrogens with one attached hydrogen (secondary N) is 1. The van der Waals surface area contributed by atoms with Crippen LogP contribution in [0, 0.1) is 5.82 Å². The maximum absolute atomic E-state index is 13.5. The van der Waals surface area contributed by atoms with Crippen molar-refractivity contribution in [1.82, 2.24) is 4.98 Å². The van der Waals surface area contributed by atoms with Crippen molar-refractivity contribution in [3.8, 4) is 0 Å². The molecule has 1 aromatic carbocycles. The van der Waals surface area contributed by atoms with Gasteiger partial charge in [0.1, 0.15) is 11.6 Å². The van der Waals surface area contributed by atoms with E-state index in [1.165, 1.54) is 6.07 Å². The number of fused-ring (bicyclic) bond motifs is 1. The molecular formula is C15H18ClFN2. The fourth-order valence-electron chi connectivity index (χ4n) is 2.07. The van der Waals surface area contributed by atoms with E-state index in [4.69, 9.17) is 11.6 Å². The molecule has 19 heavy (non-hydrogen) atoms. The van der Waals surface area contributed by atoms with Crippen LogP contribution in [0.2, 0.25) is 5.02 Å². The Labute approximate surface area is 118 Å². The van der Waals surface area contributed by atoms with Crippen LogP contribution in [-0.4, -0.2) is 11.5 Å². The fraction of sp³-hybridized carbons (Fsp3) is 0.400. The number of pyridine rings is 1. The van der Waals surface area contributed by atoms with Crippen LogP contribution in [0.15, 0.2) is 18.2 Å². The van der Waals surface area contributed by atoms with E-state index in [0.29, 0.717) is 5.52 Å². The second kappa shape index (κ2) is 6.20. The minimum Gasteiger partial charge on any atom is -0.370 e. The second-order valence-corrected chi connectivity index (χ2v) is 5.04. The van der Waals surface area contributed by atoms with E-state index in [1.807, 2.05) is 0 Å². The summed E-state index contributed by atoms with van der Waals surface area (Å²) in [7, 11) is 0. The molecule has 0 fully saturated rings. The first-order valence-corrected chi connectivity index (χ1v) is 7.06. The van der Waals surface area contributed by atoms with Gasteiger partial charge in [0.15, 0.2) is 0 Å². The lowest BCUT2D eigenvalue weighted by Crippen LogP contribution is -2.05. The van der Waals surface area contributed by atoms with Crippen molar-refractivity contribution in [3.63, 3.8) is 0 Å². The van der Waals surface area contributed by atoms with Gasteiger partial charge in [-0.05, 0) is 30.5 Å². The van der Waals surface area contributed by atoms with Gasteiger partial charge in [0, 0.05) is 18.0 Å². The zero-order chi connectivity index (χ0) is 13.8. The van der Waals surface area contributed by atoms with Crippen LogP contribution in [0.5, 0.6) is 0 Å². The minimum absolute atomic E-state index is 0.144. The van der Waals surface area contributed by atoms with Crippen molar-refractivity contribution in [2.75, 3.05) is 11.9 Å². The van der Waals surface area contributed by atoms with E-state index in [1.54, 1.807) is 6.07 Å². The Balaban J connectivity index is 2.51. The second-order valence-electron chi connectivity index (χ2n) is 4.63. The standard InChI is InChI=1S/C15H18ClFN2/c1-3-5-10-7-11-8-12(16)13(17)9-14(11)19-15(10)18-6-4-2/h7-9H,3-6H2,1-2H3,(H,18,19). The monoisotopic (exact) mass is 280 g/mol. The quantitative estimate of drug-likeness (QED) is 0.851. The molecule has 0 spiro atoms. The number of halogens is 2. The summed E-state index contributed by atoms with van der Waals surface area (Å²) in [4.78, 5) is 4.52. The van der Waals surface area contributed by atoms with Gasteiger partial charge in [0.25, 0.3) is 0 Å². The molecule has 0 saturated carbocycles. The lowest BCUT2D eigenvalue weighted by molar-refractivity contribution is 0.630. The Hall–Kier alpha value is -1.35. The van der Waals surface area contributed by atoms with E-state index in [-0.39, 0.29) is 5.02 Å². The molecule has 0 atom stereocenters. The number of anilines is 1. The number of aromatic nitrogens is 1. The van der Waals surface area contributed by atoms with E-state index in [9.17, 15) is 4.39 Å². The summed E-state index contributed by atoms with van der Waals surface area (Å²) in [6.07, 6.45) is 3.02. The molecule has 0 amide bonds. The summed E-state index contributed by atoms with van der Waals surface area (Å²) in [6.45, 7) is 5.10. The van der Waals surface area contributed by atoms with Gasteiger partial charge in [-0.1, -0.05) is 31.9 Å². The summed E-state index contributed by atoms with van der Waals surface area (Å²) in [6, 6.07) is 5.08. The van der Waals surface area contributed by atoms with Crippen molar-refractivity contribution >= 4 is 28.3 Å². The first kappa shape index (κ1) is 14.1. The van der Waals surface area contributed by atoms with E-state index in [2.05, 4.69) is 30.2 Å². The molecule has 0 radical (unpaired) electrons. The van der Waals surface area contributed by atoms with Crippen LogP contribution < -0.4 is 5.32 Å². The van der Waals surface area contributed by atoms with E-state index < -0.39 is 5.82 Å². The van der Waals surface area contributed by atoms with Crippen LogP contribution in [0.25, 0.3) is 10.9 Å². The molecule has 1 N–H and O–H groups in total. The molecular weight excluding hydrogens is 263 g/mol. The minimum atomic E-state index is -0.425. The Morgan fingerprint density at radius 3 is 2.68 bits per heavy atom. The molecule has 1 heterocycles. The predicted octanol–water partition coefficient (Wildman–Crippen LogP) is 4.80. The summed E-state index contributed by atoms with van der Waals surface area (Å²) in [5, 5.41) is 4.34. The average Bonchev–Trinajstić information content (AvgIpc) is 2.39. The molecule has 2 nitrogen and oxygen atoms in total. The highest BCUT2D eigenvalue weighted by Gasteiger charge is 2.09. The molecule has 2 rings (SSSR count). The van der Waals surface area contributed by atoms with Gasteiger partial charge in [-0.15, -0.1) is 0 Å². The van der Waals surface area contributed by atoms with Gasteiger partial charge in [0.2, 0.25) is 0 Å². The molecule has 0 aliphatic heterocycles. The van der Waals surface area contributed by atoms with Gasteiger partial charge in [-0.2, -0.15) is 0 Å². The fourth-order valence-corrected chi connectivity index (χ4v) is 2.24. The zero-order valence-electron chi connectivity index (χ0n) is 11.3. The van der Waals surface area contributed by atoms with Gasteiger partial charge >= 0.3 is 0 Å². The van der Waals surface area contributed by atoms with Gasteiger partial charge < -0.3 is 5.32 Å². The molecule has 0 bridgehead atoms. The summed E-state index contributed by atoms with van der Waals surface area (Å²) >= 11 is 5.82. The number of benzene rings is 1. The van der Waals surface area contributed by atoms with Crippen LogP contribution >= 0.6 is 11.6 Å². The van der Waals surface area contributed by atoms with Gasteiger partial charge in [0.05, 0.1) is 10.5 Å². The number of hydrogen-bond acceptors (Lipinski definition) is 2. The van der Waals surface area contributed by atoms with Crippen molar-refractivity contribution < 1.29 is 4.39 Å². The molecule has 1 aromatic heterocycles. The van der Waals surface area contributed by atoms with Crippen molar-refractivity contribution in [2.24, 2.45) is 0 Å². The predicted molar refractivity (Wildman–Crippen MR) is 79.5 cm³/mol. The van der Waals surface area contributed by atoms with Gasteiger partial charge in [-0.3, -0.25) is 0 Å². The first-order valence-electron chi connectivity index (χ1n) is 6.68. The number of aryl methyl sites for hydroxylation is 1. The van der Waals surface area contributed by atoms with Crippen molar-refractivity contribution in [1.29, 1.82) is 0 Å². The third kappa shape index (κ3) is 3.16. The molecule has 0 unspecified atom stereocenters. The zero-order valence-corrected chi connectivity index (χ0v) is 12.0. The summed E-state index contributed by atoms with van der Waals surface area (Å²) in [5.74, 6) is 0.435. The highest BCUT2D eigenvalue weighted by molar-refractivity contribution is 6.31. The molecule has 4 heteroatoms. The van der Waals surface area contributed by atoms with E-state index in [0.717, 1.165) is 42.6 Å². The van der Waals surface area contributed by atoms with Crippen LogP contribution in [0.4, 0.5) is 10.2 Å². The van der Waals surface area contributed by atoms with Crippen molar-refractivity contribution in [3.05, 3.63) is 34.6 Å². The van der Waals surface area contributed by atoms with Crippen molar-refractivity contribution in [2.45, 2.75) is 33.1 Å². The highest BCUT2D eigenvalue weighted by atomic mass is 35.5. The lowest BCUT2D eigenvalue weighted by atomic mass is 10.1. The Morgan fingerprint density at radius 1 is 1.21 bits per heavy atom. The maximum atomic E-state index is 13.5. The lowest BCUT2D eigenvalue weighted by Gasteiger charge is -2.12. The molecule has 0 aliphatic rings. The molecule has 2 aromatic rings. The van der Waals surface area contributed by atoms with Crippen LogP contribution in [0.3, 0.4) is 0 Å². The van der Waals surface area contributed by atoms with Crippen LogP contribution in [-0.2, 0) is 6.42 Å². The summed E-state index contributed by atoms with van der Waals surface area (Å²) in [5.41, 5.74) is 1.80. The molecule has 0 saturated heterocycles. The maximum Gasteiger partial charge on any atom is 0.143 e. The SMILES string of the molecule is CCCNc1nc2cc(F)c(Cl)cc2cc1CCC. The number of hydrogen-bond donors (Lipinski definition) is 1. The number of nitrogens with zero attached hydrogens (tertiary/aromatic N) is 1. The third-order valence-corrected chi connectivity index (χ3v) is 3.29. The van der Waals surface area contributed by atoms with Gasteiger partial charge in [-0.25, -0.2) is 9.37 Å². The highest BCUT2D eigenvalue weighted by Crippen LogP contribution is 2.26. The average molecular weight is 281 g/mol. The smallest absolute Gasteiger partial charge is 0.143 e. The first-order chi connectivity index (χ1) is 9.15. The Kier molecular flexibility index (Phi) is 4.59. The topological polar surface area (TPSA) is 24.9 Å².